The average Bonchev–Trinajstić information content (AvgIpc) is 2.77. The molecule has 0 radical (unpaired) electrons. The molecule has 0 bridgehead atoms. The Morgan fingerprint density at radius 1 is 1.18 bits per heavy atom. The maximum absolute atomic E-state index is 12.5. The lowest BCUT2D eigenvalue weighted by atomic mass is 9.79. The van der Waals surface area contributed by atoms with E-state index < -0.39 is 23.6 Å². The number of benzene rings is 2. The van der Waals surface area contributed by atoms with Crippen LogP contribution in [-0.4, -0.2) is 40.4 Å². The Labute approximate surface area is 192 Å². The second-order valence-corrected chi connectivity index (χ2v) is 9.72. The van der Waals surface area contributed by atoms with Crippen LogP contribution in [0.25, 0.3) is 16.5 Å². The van der Waals surface area contributed by atoms with E-state index in [0.29, 0.717) is 6.61 Å². The molecule has 1 aromatic heterocycles. The molecule has 3 atom stereocenters. The van der Waals surface area contributed by atoms with Crippen LogP contribution in [-0.2, 0) is 16.0 Å². The standard InChI is InChI=1S/C27H28N2O4/c1-15-21(25(26(30)31)33-27(2,3)4)23(17-7-5-6-8-19(17)29-15)18-9-10-20-22-16(12-14-32-20)11-13-28-24(18)22/h5-11,13,15,21,25H,12,14H2,1-4H3,(H,30,31)/t15-,21?,25+/m1/s1. The molecule has 0 fully saturated rings. The Morgan fingerprint density at radius 3 is 2.73 bits per heavy atom. The summed E-state index contributed by atoms with van der Waals surface area (Å²) in [6, 6.07) is 13.6. The first-order valence-electron chi connectivity index (χ1n) is 11.4. The fourth-order valence-electron chi connectivity index (χ4n) is 5.04. The van der Waals surface area contributed by atoms with Crippen LogP contribution in [0.2, 0.25) is 0 Å². The van der Waals surface area contributed by atoms with Crippen LogP contribution >= 0.6 is 0 Å². The van der Waals surface area contributed by atoms with Crippen molar-refractivity contribution in [3.63, 3.8) is 0 Å². The van der Waals surface area contributed by atoms with Crippen molar-refractivity contribution in [2.24, 2.45) is 10.9 Å². The van der Waals surface area contributed by atoms with Gasteiger partial charge in [-0.25, -0.2) is 4.79 Å². The molecule has 6 heteroatoms. The molecule has 0 aliphatic carbocycles. The lowest BCUT2D eigenvalue weighted by Gasteiger charge is -2.36. The van der Waals surface area contributed by atoms with Crippen LogP contribution in [0.4, 0.5) is 0 Å². The number of ether oxygens (including phenoxy) is 2. The smallest absolute Gasteiger partial charge is 0.333 e. The first-order valence-corrected chi connectivity index (χ1v) is 11.4. The molecule has 2 aliphatic rings. The number of carboxylic acid groups (broad SMARTS) is 1. The number of carboxylic acids is 1. The minimum Gasteiger partial charge on any atom is -0.493 e. The topological polar surface area (TPSA) is 81.0 Å². The van der Waals surface area contributed by atoms with Crippen molar-refractivity contribution < 1.29 is 19.4 Å². The number of nitrogens with zero attached hydrogens (tertiary/aromatic N) is 2. The molecule has 3 aromatic rings. The zero-order valence-electron chi connectivity index (χ0n) is 19.3. The van der Waals surface area contributed by atoms with Gasteiger partial charge in [-0.05, 0) is 63.1 Å². The third-order valence-corrected chi connectivity index (χ3v) is 6.30. The van der Waals surface area contributed by atoms with Gasteiger partial charge in [0.2, 0.25) is 0 Å². The van der Waals surface area contributed by atoms with Gasteiger partial charge in [0, 0.05) is 34.7 Å². The Hall–Kier alpha value is -3.25. The van der Waals surface area contributed by atoms with Gasteiger partial charge in [-0.15, -0.1) is 0 Å². The third-order valence-electron chi connectivity index (χ3n) is 6.30. The summed E-state index contributed by atoms with van der Waals surface area (Å²) < 4.78 is 12.1. The number of para-hydroxylation sites is 1. The number of aliphatic carboxylic acids is 1. The number of hydrogen-bond donors (Lipinski definition) is 1. The molecule has 2 aromatic carbocycles. The Balaban J connectivity index is 1.84. The minimum atomic E-state index is -1.06. The van der Waals surface area contributed by atoms with E-state index in [0.717, 1.165) is 44.8 Å². The quantitative estimate of drug-likeness (QED) is 0.668. The first kappa shape index (κ1) is 21.6. The van der Waals surface area contributed by atoms with Gasteiger partial charge in [0.15, 0.2) is 6.10 Å². The van der Waals surface area contributed by atoms with Crippen LogP contribution < -0.4 is 15.3 Å². The molecule has 6 nitrogen and oxygen atoms in total. The van der Waals surface area contributed by atoms with Crippen molar-refractivity contribution in [1.82, 2.24) is 4.98 Å². The van der Waals surface area contributed by atoms with Gasteiger partial charge in [-0.1, -0.05) is 18.2 Å². The fraction of sp³-hybridized carbons (Fsp3) is 0.370. The largest absolute Gasteiger partial charge is 0.493 e. The summed E-state index contributed by atoms with van der Waals surface area (Å²) >= 11 is 0. The van der Waals surface area contributed by atoms with Crippen LogP contribution in [0.3, 0.4) is 0 Å². The minimum absolute atomic E-state index is 0.291. The van der Waals surface area contributed by atoms with Crippen molar-refractivity contribution in [3.05, 3.63) is 70.4 Å². The molecular formula is C27H28N2O4. The van der Waals surface area contributed by atoms with Crippen LogP contribution in [0, 0.1) is 5.92 Å². The summed E-state index contributed by atoms with van der Waals surface area (Å²) in [6.07, 6.45) is 1.59. The van der Waals surface area contributed by atoms with E-state index in [4.69, 9.17) is 19.5 Å². The van der Waals surface area contributed by atoms with Gasteiger partial charge in [0.05, 0.1) is 29.1 Å². The number of fused-ring (bicyclic) bond motifs is 1. The molecule has 0 amide bonds. The molecule has 33 heavy (non-hydrogen) atoms. The lowest BCUT2D eigenvalue weighted by molar-refractivity contribution is -0.164. The van der Waals surface area contributed by atoms with E-state index in [1.54, 1.807) is 0 Å². The number of hydrogen-bond acceptors (Lipinski definition) is 5. The zero-order chi connectivity index (χ0) is 23.3. The van der Waals surface area contributed by atoms with Gasteiger partial charge in [-0.2, -0.15) is 0 Å². The summed E-state index contributed by atoms with van der Waals surface area (Å²) in [5.74, 6) is -0.657. The van der Waals surface area contributed by atoms with Gasteiger partial charge in [0.25, 0.3) is 0 Å². The second-order valence-electron chi connectivity index (χ2n) is 9.72. The molecule has 170 valence electrons. The molecule has 1 unspecified atom stereocenters. The molecular weight excluding hydrogens is 416 g/mol. The normalized spacial score (nSPS) is 20.5. The number of pyridine rings is 1. The van der Waals surface area contributed by atoms with Crippen molar-refractivity contribution in [2.75, 3.05) is 6.61 Å². The van der Waals surface area contributed by atoms with Crippen molar-refractivity contribution in [2.45, 2.75) is 51.9 Å². The summed E-state index contributed by atoms with van der Waals surface area (Å²) in [5, 5.41) is 13.0. The molecule has 5 rings (SSSR count). The summed E-state index contributed by atoms with van der Waals surface area (Å²) in [4.78, 5) is 22.1. The van der Waals surface area contributed by atoms with E-state index in [9.17, 15) is 9.90 Å². The van der Waals surface area contributed by atoms with Gasteiger partial charge in [-0.3, -0.25) is 9.98 Å². The molecule has 3 heterocycles. The van der Waals surface area contributed by atoms with Crippen LogP contribution in [0.5, 0.6) is 5.75 Å². The van der Waals surface area contributed by atoms with Crippen molar-refractivity contribution >= 4 is 22.4 Å². The van der Waals surface area contributed by atoms with E-state index >= 15 is 0 Å². The Bertz CT molecular complexity index is 1360. The second kappa shape index (κ2) is 7.96. The third kappa shape index (κ3) is 3.78. The zero-order valence-corrected chi connectivity index (χ0v) is 19.3. The number of aromatic nitrogens is 1. The van der Waals surface area contributed by atoms with Crippen LogP contribution in [0.15, 0.2) is 53.7 Å². The van der Waals surface area contributed by atoms with E-state index in [1.165, 1.54) is 5.56 Å². The highest BCUT2D eigenvalue weighted by Gasteiger charge is 2.41. The van der Waals surface area contributed by atoms with Crippen molar-refractivity contribution in [3.8, 4) is 5.75 Å². The molecule has 0 saturated heterocycles. The van der Waals surface area contributed by atoms with E-state index in [-0.39, 0.29) is 6.04 Å². The molecule has 0 spiro atoms. The van der Waals surface area contributed by atoms with Gasteiger partial charge < -0.3 is 14.6 Å². The summed E-state index contributed by atoms with van der Waals surface area (Å²) in [6.45, 7) is 8.24. The van der Waals surface area contributed by atoms with Gasteiger partial charge >= 0.3 is 5.97 Å². The molecule has 1 N–H and O–H groups in total. The summed E-state index contributed by atoms with van der Waals surface area (Å²) in [5.41, 5.74) is 3.21. The highest BCUT2D eigenvalue weighted by Crippen LogP contribution is 2.40. The molecule has 0 saturated carbocycles. The highest BCUT2D eigenvalue weighted by molar-refractivity contribution is 5.98. The number of rotatable bonds is 4. The SMILES string of the molecule is C[C@H]1N=c2ccccc2=C(c2ccc3c4c(ccnc24)CCO3)C1[C@H](OC(C)(C)C)C(=O)O. The lowest BCUT2D eigenvalue weighted by Crippen LogP contribution is -2.48. The fourth-order valence-corrected chi connectivity index (χ4v) is 5.04. The van der Waals surface area contributed by atoms with E-state index in [1.807, 2.05) is 76.4 Å². The average molecular weight is 445 g/mol. The maximum atomic E-state index is 12.5. The Morgan fingerprint density at radius 2 is 1.97 bits per heavy atom. The van der Waals surface area contributed by atoms with E-state index in [2.05, 4.69) is 0 Å². The van der Waals surface area contributed by atoms with Crippen LogP contribution in [0.1, 0.15) is 38.8 Å². The predicted octanol–water partition coefficient (Wildman–Crippen LogP) is 3.27. The Kier molecular flexibility index (Phi) is 5.20. The summed E-state index contributed by atoms with van der Waals surface area (Å²) in [7, 11) is 0. The molecule has 2 aliphatic heterocycles. The highest BCUT2D eigenvalue weighted by atomic mass is 16.5. The van der Waals surface area contributed by atoms with Gasteiger partial charge in [0.1, 0.15) is 5.75 Å². The monoisotopic (exact) mass is 444 g/mol. The first-order chi connectivity index (χ1) is 15.7. The maximum Gasteiger partial charge on any atom is 0.333 e. The predicted molar refractivity (Wildman–Crippen MR) is 126 cm³/mol. The van der Waals surface area contributed by atoms with Crippen molar-refractivity contribution in [1.29, 1.82) is 0 Å². The number of carbonyl (C=O) groups is 1.